The van der Waals surface area contributed by atoms with Crippen LogP contribution in [0.25, 0.3) is 32.3 Å². The van der Waals surface area contributed by atoms with E-state index in [1.54, 1.807) is 0 Å². The molecular weight excluding hydrogens is 260 g/mol. The molecule has 0 aliphatic rings. The number of carbonyl (C=O) groups excluding carboxylic acids is 1. The van der Waals surface area contributed by atoms with E-state index in [1.807, 2.05) is 24.3 Å². The molecule has 0 fully saturated rings. The highest BCUT2D eigenvalue weighted by Crippen LogP contribution is 2.34. The number of hydrogen-bond acceptors (Lipinski definition) is 2. The predicted molar refractivity (Wildman–Crippen MR) is 85.7 cm³/mol. The number of carbonyl (C=O) groups is 1. The third kappa shape index (κ3) is 1.77. The van der Waals surface area contributed by atoms with Crippen molar-refractivity contribution in [3.63, 3.8) is 0 Å². The monoisotopic (exact) mass is 272 g/mol. The first kappa shape index (κ1) is 11.9. The van der Waals surface area contributed by atoms with E-state index in [-0.39, 0.29) is 0 Å². The van der Waals surface area contributed by atoms with E-state index in [0.717, 1.165) is 10.8 Å². The first-order chi connectivity index (χ1) is 10.4. The predicted octanol–water partition coefficient (Wildman–Crippen LogP) is 4.68. The Bertz CT molecular complexity index is 986. The molecule has 21 heavy (non-hydrogen) atoms. The maximum Gasteiger partial charge on any atom is 0.298 e. The van der Waals surface area contributed by atoms with Crippen LogP contribution in [0, 0.1) is 0 Å². The molecule has 0 spiro atoms. The molecular formula is C19H12O2. The zero-order valence-corrected chi connectivity index (χ0v) is 11.2. The molecule has 0 saturated heterocycles. The fraction of sp³-hybridized carbons (Fsp3) is 0. The highest BCUT2D eigenvalue weighted by atomic mass is 16.5. The Morgan fingerprint density at radius 2 is 1.29 bits per heavy atom. The van der Waals surface area contributed by atoms with Gasteiger partial charge in [0.05, 0.1) is 0 Å². The number of rotatable bonds is 2. The molecule has 4 rings (SSSR count). The molecule has 0 amide bonds. The molecule has 0 unspecified atom stereocenters. The molecule has 0 N–H and O–H groups in total. The van der Waals surface area contributed by atoms with E-state index in [0.29, 0.717) is 12.2 Å². The fourth-order valence-electron chi connectivity index (χ4n) is 2.98. The first-order valence-corrected chi connectivity index (χ1v) is 6.82. The molecule has 4 aromatic carbocycles. The van der Waals surface area contributed by atoms with Crippen LogP contribution in [0.4, 0.5) is 0 Å². The molecule has 0 saturated carbocycles. The highest BCUT2D eigenvalue weighted by molar-refractivity contribution is 6.18. The van der Waals surface area contributed by atoms with Gasteiger partial charge < -0.3 is 4.74 Å². The Kier molecular flexibility index (Phi) is 2.61. The van der Waals surface area contributed by atoms with Crippen LogP contribution < -0.4 is 4.74 Å². The summed E-state index contributed by atoms with van der Waals surface area (Å²) in [6.07, 6.45) is 0. The van der Waals surface area contributed by atoms with Crippen molar-refractivity contribution in [3.8, 4) is 5.75 Å². The molecule has 0 heterocycles. The third-order valence-corrected chi connectivity index (χ3v) is 3.92. The first-order valence-electron chi connectivity index (χ1n) is 6.82. The number of fused-ring (bicyclic) bond motifs is 5. The minimum Gasteiger partial charge on any atom is -0.428 e. The zero-order chi connectivity index (χ0) is 14.2. The summed E-state index contributed by atoms with van der Waals surface area (Å²) in [7, 11) is 0. The summed E-state index contributed by atoms with van der Waals surface area (Å²) in [6.45, 7) is 0.472. The van der Waals surface area contributed by atoms with Gasteiger partial charge in [0, 0.05) is 5.39 Å². The van der Waals surface area contributed by atoms with Crippen LogP contribution in [0.15, 0.2) is 66.7 Å². The molecule has 0 aromatic heterocycles. The summed E-state index contributed by atoms with van der Waals surface area (Å²) in [6, 6.07) is 22.5. The Hall–Kier alpha value is -2.87. The SMILES string of the molecule is O=COc1cccc2c1ccc1c3ccccc3ccc21. The van der Waals surface area contributed by atoms with Gasteiger partial charge >= 0.3 is 0 Å². The molecule has 0 atom stereocenters. The summed E-state index contributed by atoms with van der Waals surface area (Å²) in [4.78, 5) is 10.6. The van der Waals surface area contributed by atoms with Gasteiger partial charge in [-0.1, -0.05) is 54.6 Å². The van der Waals surface area contributed by atoms with Gasteiger partial charge in [0.15, 0.2) is 0 Å². The van der Waals surface area contributed by atoms with Gasteiger partial charge in [-0.15, -0.1) is 0 Å². The van der Waals surface area contributed by atoms with E-state index < -0.39 is 0 Å². The Labute approximate surface area is 121 Å². The molecule has 2 heteroatoms. The van der Waals surface area contributed by atoms with E-state index in [9.17, 15) is 4.79 Å². The Morgan fingerprint density at radius 1 is 0.619 bits per heavy atom. The molecule has 100 valence electrons. The molecule has 0 aliphatic heterocycles. The van der Waals surface area contributed by atoms with Crippen molar-refractivity contribution in [1.29, 1.82) is 0 Å². The van der Waals surface area contributed by atoms with E-state index in [4.69, 9.17) is 4.74 Å². The van der Waals surface area contributed by atoms with Crippen molar-refractivity contribution < 1.29 is 9.53 Å². The summed E-state index contributed by atoms with van der Waals surface area (Å²) < 4.78 is 5.07. The minimum atomic E-state index is 0.472. The summed E-state index contributed by atoms with van der Waals surface area (Å²) in [5.74, 6) is 0.595. The van der Waals surface area contributed by atoms with Crippen LogP contribution in [0.3, 0.4) is 0 Å². The largest absolute Gasteiger partial charge is 0.428 e. The van der Waals surface area contributed by atoms with Gasteiger partial charge in [0.2, 0.25) is 0 Å². The average molecular weight is 272 g/mol. The van der Waals surface area contributed by atoms with Crippen molar-refractivity contribution in [2.75, 3.05) is 0 Å². The quantitative estimate of drug-likeness (QED) is 0.391. The zero-order valence-electron chi connectivity index (χ0n) is 11.2. The van der Waals surface area contributed by atoms with Crippen LogP contribution in [0.1, 0.15) is 0 Å². The molecule has 0 aliphatic carbocycles. The van der Waals surface area contributed by atoms with Gasteiger partial charge in [-0.05, 0) is 39.1 Å². The molecule has 0 radical (unpaired) electrons. The lowest BCUT2D eigenvalue weighted by molar-refractivity contribution is -0.120. The Balaban J connectivity index is 2.17. The lowest BCUT2D eigenvalue weighted by atomic mass is 9.97. The minimum absolute atomic E-state index is 0.472. The van der Waals surface area contributed by atoms with Crippen molar-refractivity contribution in [2.45, 2.75) is 0 Å². The lowest BCUT2D eigenvalue weighted by Crippen LogP contribution is -1.90. The second-order valence-electron chi connectivity index (χ2n) is 5.01. The average Bonchev–Trinajstić information content (AvgIpc) is 2.55. The van der Waals surface area contributed by atoms with Gasteiger partial charge in [-0.25, -0.2) is 0 Å². The summed E-state index contributed by atoms with van der Waals surface area (Å²) in [5, 5.41) is 6.89. The van der Waals surface area contributed by atoms with E-state index in [2.05, 4.69) is 42.5 Å². The maximum absolute atomic E-state index is 10.6. The topological polar surface area (TPSA) is 26.3 Å². The van der Waals surface area contributed by atoms with Crippen molar-refractivity contribution in [2.24, 2.45) is 0 Å². The Morgan fingerprint density at radius 3 is 2.19 bits per heavy atom. The lowest BCUT2D eigenvalue weighted by Gasteiger charge is -2.09. The van der Waals surface area contributed by atoms with Crippen LogP contribution >= 0.6 is 0 Å². The van der Waals surface area contributed by atoms with Crippen LogP contribution in [0.2, 0.25) is 0 Å². The van der Waals surface area contributed by atoms with E-state index in [1.165, 1.54) is 21.5 Å². The second kappa shape index (κ2) is 4.60. The second-order valence-corrected chi connectivity index (χ2v) is 5.01. The summed E-state index contributed by atoms with van der Waals surface area (Å²) >= 11 is 0. The summed E-state index contributed by atoms with van der Waals surface area (Å²) in [5.41, 5.74) is 0. The van der Waals surface area contributed by atoms with Crippen molar-refractivity contribution >= 4 is 38.8 Å². The number of hydrogen-bond donors (Lipinski definition) is 0. The normalized spacial score (nSPS) is 11.0. The van der Waals surface area contributed by atoms with Crippen molar-refractivity contribution in [3.05, 3.63) is 66.7 Å². The highest BCUT2D eigenvalue weighted by Gasteiger charge is 2.07. The van der Waals surface area contributed by atoms with Gasteiger partial charge in [0.1, 0.15) is 5.75 Å². The molecule has 2 nitrogen and oxygen atoms in total. The maximum atomic E-state index is 10.6. The van der Waals surface area contributed by atoms with Crippen LogP contribution in [-0.4, -0.2) is 6.47 Å². The van der Waals surface area contributed by atoms with Crippen LogP contribution in [-0.2, 0) is 4.79 Å². The smallest absolute Gasteiger partial charge is 0.298 e. The third-order valence-electron chi connectivity index (χ3n) is 3.92. The standard InChI is InChI=1S/C19H12O2/c20-12-21-19-7-3-6-15-17-9-8-13-4-1-2-5-14(13)16(17)10-11-18(15)19/h1-12H. The van der Waals surface area contributed by atoms with Gasteiger partial charge in [0.25, 0.3) is 6.47 Å². The number of ether oxygens (including phenoxy) is 1. The van der Waals surface area contributed by atoms with Crippen molar-refractivity contribution in [1.82, 2.24) is 0 Å². The van der Waals surface area contributed by atoms with Crippen LogP contribution in [0.5, 0.6) is 5.75 Å². The molecule has 0 bridgehead atoms. The molecule has 4 aromatic rings. The number of benzene rings is 4. The fourth-order valence-corrected chi connectivity index (χ4v) is 2.98. The van der Waals surface area contributed by atoms with E-state index >= 15 is 0 Å². The van der Waals surface area contributed by atoms with Gasteiger partial charge in [-0.3, -0.25) is 4.79 Å². The van der Waals surface area contributed by atoms with Gasteiger partial charge in [-0.2, -0.15) is 0 Å².